The highest BCUT2D eigenvalue weighted by molar-refractivity contribution is 6.74. The van der Waals surface area contributed by atoms with Gasteiger partial charge in [0.05, 0.1) is 0 Å². The van der Waals surface area contributed by atoms with Crippen molar-refractivity contribution in [1.82, 2.24) is 0 Å². The molecule has 1 saturated heterocycles. The van der Waals surface area contributed by atoms with Crippen molar-refractivity contribution < 1.29 is 18.9 Å². The van der Waals surface area contributed by atoms with E-state index in [9.17, 15) is 14.4 Å². The van der Waals surface area contributed by atoms with Crippen LogP contribution < -0.4 is 10.4 Å². The largest absolute Gasteiger partial charge is 0.488 e. The molecule has 0 bridgehead atoms. The number of anilines is 1. The first-order valence-electron chi connectivity index (χ1n) is 8.59. The summed E-state index contributed by atoms with van der Waals surface area (Å²) in [5.41, 5.74) is 0.883. The Kier molecular flexibility index (Phi) is 5.80. The minimum atomic E-state index is -1.77. The third-order valence-corrected chi connectivity index (χ3v) is 9.81. The van der Waals surface area contributed by atoms with Crippen LogP contribution in [0.1, 0.15) is 33.6 Å². The molecule has 2 N–H and O–H groups in total. The fourth-order valence-electron chi connectivity index (χ4n) is 2.75. The summed E-state index contributed by atoms with van der Waals surface area (Å²) >= 11 is 0. The van der Waals surface area contributed by atoms with E-state index in [4.69, 9.17) is 4.43 Å². The Morgan fingerprint density at radius 2 is 1.75 bits per heavy atom. The Labute approximate surface area is 145 Å². The molecule has 24 heavy (non-hydrogen) atoms. The van der Waals surface area contributed by atoms with E-state index in [2.05, 4.69) is 38.8 Å². The topological polar surface area (TPSA) is 52.9 Å². The number of halogens is 1. The highest BCUT2D eigenvalue weighted by Gasteiger charge is 2.39. The van der Waals surface area contributed by atoms with Gasteiger partial charge in [0.2, 0.25) is 0 Å². The lowest BCUT2D eigenvalue weighted by Crippen LogP contribution is -2.47. The maximum absolute atomic E-state index is 13.7. The van der Waals surface area contributed by atoms with Gasteiger partial charge in [-0.1, -0.05) is 20.8 Å². The fourth-order valence-corrected chi connectivity index (χ4v) is 4.18. The van der Waals surface area contributed by atoms with Gasteiger partial charge in [0.1, 0.15) is 5.82 Å². The molecule has 1 heterocycles. The van der Waals surface area contributed by atoms with Crippen LogP contribution in [0.4, 0.5) is 10.1 Å². The Hall–Kier alpha value is -0.888. The van der Waals surface area contributed by atoms with E-state index in [0.29, 0.717) is 5.69 Å². The predicted octanol–water partition coefficient (Wildman–Crippen LogP) is 2.50. The summed E-state index contributed by atoms with van der Waals surface area (Å²) in [5, 5.41) is 18.7. The summed E-state index contributed by atoms with van der Waals surface area (Å²) in [6, 6.07) is 4.24. The van der Waals surface area contributed by atoms with Gasteiger partial charge in [-0.25, -0.2) is 4.39 Å². The zero-order valence-corrected chi connectivity index (χ0v) is 16.3. The highest BCUT2D eigenvalue weighted by atomic mass is 28.4. The summed E-state index contributed by atoms with van der Waals surface area (Å²) in [4.78, 5) is 2.08. The summed E-state index contributed by atoms with van der Waals surface area (Å²) in [6.07, 6.45) is 2.05. The van der Waals surface area contributed by atoms with Crippen LogP contribution in [-0.4, -0.2) is 44.7 Å². The van der Waals surface area contributed by atoms with Gasteiger partial charge in [-0.2, -0.15) is 0 Å². The maximum atomic E-state index is 13.7. The van der Waals surface area contributed by atoms with Crippen molar-refractivity contribution >= 4 is 26.6 Å². The molecule has 1 aromatic rings. The maximum Gasteiger partial charge on any atom is 0.488 e. The second-order valence-electron chi connectivity index (χ2n) is 8.18. The number of nitrogens with zero attached hydrogens (tertiary/aromatic N) is 1. The second kappa shape index (κ2) is 7.16. The molecule has 4 nitrogen and oxygen atoms in total. The molecule has 1 aromatic carbocycles. The van der Waals surface area contributed by atoms with Crippen molar-refractivity contribution in [2.24, 2.45) is 0 Å². The van der Waals surface area contributed by atoms with Crippen LogP contribution >= 0.6 is 0 Å². The smallest absolute Gasteiger partial charge is 0.423 e. The van der Waals surface area contributed by atoms with Crippen LogP contribution in [0.5, 0.6) is 0 Å². The van der Waals surface area contributed by atoms with E-state index in [-0.39, 0.29) is 16.6 Å². The molecule has 7 heteroatoms. The standard InChI is InChI=1S/C17H29BFNO3Si/c1-17(2,3)24(4,5)23-16-6-8-20(9-7-16)15-11-13(18(21)22)10-14(19)12-15/h10-12,16,21-22H,6-9H2,1-5H3. The quantitative estimate of drug-likeness (QED) is 0.817. The van der Waals surface area contributed by atoms with Crippen molar-refractivity contribution in [3.63, 3.8) is 0 Å². The number of hydrogen-bond acceptors (Lipinski definition) is 4. The average Bonchev–Trinajstić information content (AvgIpc) is 2.45. The van der Waals surface area contributed by atoms with E-state index in [1.807, 2.05) is 0 Å². The normalized spacial score (nSPS) is 17.2. The van der Waals surface area contributed by atoms with E-state index >= 15 is 0 Å². The fraction of sp³-hybridized carbons (Fsp3) is 0.647. The molecular formula is C17H29BFNO3Si. The molecule has 2 rings (SSSR count). The Balaban J connectivity index is 2.01. The molecule has 0 unspecified atom stereocenters. The van der Waals surface area contributed by atoms with Crippen LogP contribution in [0.2, 0.25) is 18.1 Å². The van der Waals surface area contributed by atoms with Gasteiger partial charge < -0.3 is 19.4 Å². The zero-order chi connectivity index (χ0) is 18.1. The summed E-state index contributed by atoms with van der Waals surface area (Å²) in [5.74, 6) is -0.449. The zero-order valence-electron chi connectivity index (χ0n) is 15.3. The predicted molar refractivity (Wildman–Crippen MR) is 99.7 cm³/mol. The van der Waals surface area contributed by atoms with Crippen LogP contribution in [0.25, 0.3) is 0 Å². The third kappa shape index (κ3) is 4.59. The van der Waals surface area contributed by atoms with Gasteiger partial charge in [0, 0.05) is 24.9 Å². The van der Waals surface area contributed by atoms with Gasteiger partial charge in [-0.05, 0) is 54.6 Å². The molecule has 1 aliphatic heterocycles. The molecule has 0 radical (unpaired) electrons. The van der Waals surface area contributed by atoms with Gasteiger partial charge in [0.15, 0.2) is 8.32 Å². The molecule has 1 aliphatic rings. The van der Waals surface area contributed by atoms with Crippen molar-refractivity contribution in [1.29, 1.82) is 0 Å². The molecule has 0 aromatic heterocycles. The number of piperidine rings is 1. The second-order valence-corrected chi connectivity index (χ2v) is 12.9. The van der Waals surface area contributed by atoms with E-state index < -0.39 is 21.3 Å². The van der Waals surface area contributed by atoms with Crippen molar-refractivity contribution in [2.45, 2.75) is 57.8 Å². The highest BCUT2D eigenvalue weighted by Crippen LogP contribution is 2.38. The lowest BCUT2D eigenvalue weighted by atomic mass is 9.80. The third-order valence-electron chi connectivity index (χ3n) is 5.28. The molecule has 0 atom stereocenters. The SMILES string of the molecule is CC(C)(C)[Si](C)(C)OC1CCN(c2cc(F)cc(B(O)O)c2)CC1. The molecule has 0 spiro atoms. The molecule has 0 saturated carbocycles. The summed E-state index contributed by atoms with van der Waals surface area (Å²) in [7, 11) is -3.42. The van der Waals surface area contributed by atoms with Gasteiger partial charge in [0.25, 0.3) is 0 Å². The lowest BCUT2D eigenvalue weighted by Gasteiger charge is -2.42. The van der Waals surface area contributed by atoms with Crippen molar-refractivity contribution in [2.75, 3.05) is 18.0 Å². The van der Waals surface area contributed by atoms with Crippen LogP contribution in [0.15, 0.2) is 18.2 Å². The molecule has 0 aliphatic carbocycles. The van der Waals surface area contributed by atoms with Crippen LogP contribution in [0.3, 0.4) is 0 Å². The lowest BCUT2D eigenvalue weighted by molar-refractivity contribution is 0.152. The van der Waals surface area contributed by atoms with Crippen LogP contribution in [0, 0.1) is 5.82 Å². The van der Waals surface area contributed by atoms with Gasteiger partial charge >= 0.3 is 7.12 Å². The Bertz CT molecular complexity index is 569. The number of hydrogen-bond donors (Lipinski definition) is 2. The van der Waals surface area contributed by atoms with E-state index in [1.54, 1.807) is 6.07 Å². The van der Waals surface area contributed by atoms with Crippen LogP contribution in [-0.2, 0) is 4.43 Å². The van der Waals surface area contributed by atoms with Crippen molar-refractivity contribution in [3.8, 4) is 0 Å². The van der Waals surface area contributed by atoms with E-state index in [1.165, 1.54) is 6.07 Å². The minimum absolute atomic E-state index is 0.185. The molecule has 0 amide bonds. The molecule has 1 fully saturated rings. The monoisotopic (exact) mass is 353 g/mol. The minimum Gasteiger partial charge on any atom is -0.423 e. The first-order chi connectivity index (χ1) is 11.0. The first-order valence-corrected chi connectivity index (χ1v) is 11.5. The molecule has 134 valence electrons. The molecular weight excluding hydrogens is 324 g/mol. The average molecular weight is 353 g/mol. The number of benzene rings is 1. The Morgan fingerprint density at radius 3 is 2.25 bits per heavy atom. The van der Waals surface area contributed by atoms with Gasteiger partial charge in [-0.3, -0.25) is 0 Å². The van der Waals surface area contributed by atoms with E-state index in [0.717, 1.165) is 32.0 Å². The first kappa shape index (κ1) is 19.4. The number of rotatable bonds is 4. The van der Waals surface area contributed by atoms with Crippen molar-refractivity contribution in [3.05, 3.63) is 24.0 Å². The summed E-state index contributed by atoms with van der Waals surface area (Å²) in [6.45, 7) is 12.8. The summed E-state index contributed by atoms with van der Waals surface area (Å²) < 4.78 is 20.2. The Morgan fingerprint density at radius 1 is 1.17 bits per heavy atom. The van der Waals surface area contributed by atoms with Gasteiger partial charge in [-0.15, -0.1) is 0 Å².